The molecule has 0 fully saturated rings. The van der Waals surface area contributed by atoms with E-state index in [9.17, 15) is 0 Å². The van der Waals surface area contributed by atoms with Gasteiger partial charge in [-0.05, 0) is 29.8 Å². The molecule has 0 amide bonds. The molecule has 6 heteroatoms. The van der Waals surface area contributed by atoms with Crippen LogP contribution in [0.4, 0.5) is 0 Å². The van der Waals surface area contributed by atoms with E-state index < -0.39 is 0 Å². The van der Waals surface area contributed by atoms with Crippen LogP contribution in [-0.2, 0) is 12.0 Å². The molecule has 1 aromatic heterocycles. The Bertz CT molecular complexity index is 659. The first-order valence-electron chi connectivity index (χ1n) is 7.62. The van der Waals surface area contributed by atoms with Crippen molar-refractivity contribution in [3.05, 3.63) is 64.4 Å². The predicted octanol–water partition coefficient (Wildman–Crippen LogP) is 4.10. The fraction of sp³-hybridized carbons (Fsp3) is 0.333. The van der Waals surface area contributed by atoms with Crippen molar-refractivity contribution in [2.24, 2.45) is 4.99 Å². The molecule has 0 aliphatic rings. The van der Waals surface area contributed by atoms with Crippen molar-refractivity contribution in [1.82, 2.24) is 15.6 Å². The normalized spacial score (nSPS) is 11.6. The van der Waals surface area contributed by atoms with E-state index >= 15 is 0 Å². The maximum Gasteiger partial charge on any atom is 0.191 e. The number of aliphatic imine (C=N–C) groups is 1. The summed E-state index contributed by atoms with van der Waals surface area (Å²) in [6.45, 7) is 5.87. The Morgan fingerprint density at radius 1 is 1.17 bits per heavy atom. The van der Waals surface area contributed by atoms with Crippen LogP contribution in [0.15, 0.2) is 58.1 Å². The van der Waals surface area contributed by atoms with Crippen molar-refractivity contribution < 1.29 is 0 Å². The molecule has 0 atom stereocenters. The highest BCUT2D eigenvalue weighted by Gasteiger charge is 2.21. The lowest BCUT2D eigenvalue weighted by Gasteiger charge is -2.27. The van der Waals surface area contributed by atoms with E-state index in [1.807, 2.05) is 24.3 Å². The largest absolute Gasteiger partial charge is 0.356 e. The molecule has 0 saturated heterocycles. The van der Waals surface area contributed by atoms with Crippen molar-refractivity contribution in [3.63, 3.8) is 0 Å². The van der Waals surface area contributed by atoms with Gasteiger partial charge in [-0.2, -0.15) is 0 Å². The lowest BCUT2D eigenvalue weighted by Crippen LogP contribution is -2.43. The number of benzene rings is 1. The summed E-state index contributed by atoms with van der Waals surface area (Å²) in [5, 5.41) is 6.68. The minimum atomic E-state index is -0.00754. The molecular weight excluding hydrogens is 479 g/mol. The maximum absolute atomic E-state index is 4.30. The molecule has 0 spiro atoms. The molecule has 0 aliphatic heterocycles. The SMILES string of the molecule is CN=C(NCc1ccccn1)NCC(C)(C)c1cccc(Br)c1.I. The summed E-state index contributed by atoms with van der Waals surface area (Å²) in [6, 6.07) is 14.3. The number of hydrogen-bond donors (Lipinski definition) is 2. The molecular formula is C18H24BrIN4. The summed E-state index contributed by atoms with van der Waals surface area (Å²) in [6.07, 6.45) is 1.80. The van der Waals surface area contributed by atoms with E-state index in [2.05, 4.69) is 68.6 Å². The molecule has 0 saturated carbocycles. The monoisotopic (exact) mass is 502 g/mol. The highest BCUT2D eigenvalue weighted by atomic mass is 127. The van der Waals surface area contributed by atoms with Crippen LogP contribution in [0.2, 0.25) is 0 Å². The first-order valence-corrected chi connectivity index (χ1v) is 8.41. The number of hydrogen-bond acceptors (Lipinski definition) is 2. The van der Waals surface area contributed by atoms with Crippen molar-refractivity contribution in [2.45, 2.75) is 25.8 Å². The third-order valence-corrected chi connectivity index (χ3v) is 4.18. The topological polar surface area (TPSA) is 49.3 Å². The minimum Gasteiger partial charge on any atom is -0.356 e. The summed E-state index contributed by atoms with van der Waals surface area (Å²) in [5.74, 6) is 0.777. The quantitative estimate of drug-likeness (QED) is 0.367. The van der Waals surface area contributed by atoms with Crippen LogP contribution in [0.1, 0.15) is 25.1 Å². The third-order valence-electron chi connectivity index (χ3n) is 3.69. The lowest BCUT2D eigenvalue weighted by molar-refractivity contribution is 0.508. The summed E-state index contributed by atoms with van der Waals surface area (Å²) in [7, 11) is 1.78. The molecule has 1 heterocycles. The van der Waals surface area contributed by atoms with Gasteiger partial charge in [0.2, 0.25) is 0 Å². The second-order valence-corrected chi connectivity index (χ2v) is 6.91. The van der Waals surface area contributed by atoms with Gasteiger partial charge in [0.05, 0.1) is 12.2 Å². The Balaban J connectivity index is 0.00000288. The molecule has 1 aromatic carbocycles. The van der Waals surface area contributed by atoms with Crippen molar-refractivity contribution >= 4 is 45.9 Å². The van der Waals surface area contributed by atoms with Gasteiger partial charge in [-0.3, -0.25) is 9.98 Å². The van der Waals surface area contributed by atoms with Crippen LogP contribution in [0.5, 0.6) is 0 Å². The minimum absolute atomic E-state index is 0. The molecule has 130 valence electrons. The predicted molar refractivity (Wildman–Crippen MR) is 115 cm³/mol. The van der Waals surface area contributed by atoms with E-state index in [4.69, 9.17) is 0 Å². The molecule has 0 bridgehead atoms. The van der Waals surface area contributed by atoms with Gasteiger partial charge in [0.1, 0.15) is 0 Å². The second kappa shape index (κ2) is 9.98. The van der Waals surface area contributed by atoms with Crippen LogP contribution >= 0.6 is 39.9 Å². The Morgan fingerprint density at radius 2 is 1.96 bits per heavy atom. The molecule has 2 N–H and O–H groups in total. The Labute approximate surface area is 169 Å². The van der Waals surface area contributed by atoms with Crippen LogP contribution in [0, 0.1) is 0 Å². The zero-order chi connectivity index (χ0) is 16.7. The number of nitrogens with one attached hydrogen (secondary N) is 2. The summed E-state index contributed by atoms with van der Waals surface area (Å²) in [4.78, 5) is 8.58. The van der Waals surface area contributed by atoms with Crippen molar-refractivity contribution in [3.8, 4) is 0 Å². The second-order valence-electron chi connectivity index (χ2n) is 5.99. The van der Waals surface area contributed by atoms with Crippen LogP contribution in [-0.4, -0.2) is 24.5 Å². The van der Waals surface area contributed by atoms with Gasteiger partial charge in [0.15, 0.2) is 5.96 Å². The van der Waals surface area contributed by atoms with Crippen LogP contribution in [0.25, 0.3) is 0 Å². The van der Waals surface area contributed by atoms with Gasteiger partial charge < -0.3 is 10.6 Å². The fourth-order valence-corrected chi connectivity index (χ4v) is 2.61. The van der Waals surface area contributed by atoms with Crippen LogP contribution < -0.4 is 10.6 Å². The lowest BCUT2D eigenvalue weighted by atomic mass is 9.85. The summed E-state index contributed by atoms with van der Waals surface area (Å²) >= 11 is 3.54. The van der Waals surface area contributed by atoms with Gasteiger partial charge >= 0.3 is 0 Å². The number of guanidine groups is 1. The average molecular weight is 503 g/mol. The van der Waals surface area contributed by atoms with Crippen molar-refractivity contribution in [1.29, 1.82) is 0 Å². The number of halogens is 2. The van der Waals surface area contributed by atoms with Gasteiger partial charge in [0, 0.05) is 29.7 Å². The summed E-state index contributed by atoms with van der Waals surface area (Å²) < 4.78 is 1.10. The van der Waals surface area contributed by atoms with Gasteiger partial charge in [-0.1, -0.05) is 48.0 Å². The highest BCUT2D eigenvalue weighted by molar-refractivity contribution is 14.0. The van der Waals surface area contributed by atoms with Gasteiger partial charge in [0.25, 0.3) is 0 Å². The van der Waals surface area contributed by atoms with E-state index in [1.54, 1.807) is 13.2 Å². The Kier molecular flexibility index (Phi) is 8.69. The van der Waals surface area contributed by atoms with Gasteiger partial charge in [-0.25, -0.2) is 0 Å². The van der Waals surface area contributed by atoms with E-state index in [0.717, 1.165) is 22.7 Å². The third kappa shape index (κ3) is 6.39. The molecule has 0 aliphatic carbocycles. The van der Waals surface area contributed by atoms with Gasteiger partial charge in [-0.15, -0.1) is 24.0 Å². The maximum atomic E-state index is 4.30. The zero-order valence-electron chi connectivity index (χ0n) is 14.2. The molecule has 0 unspecified atom stereocenters. The first-order chi connectivity index (χ1) is 11.0. The molecule has 2 aromatic rings. The van der Waals surface area contributed by atoms with Crippen molar-refractivity contribution in [2.75, 3.05) is 13.6 Å². The summed E-state index contributed by atoms with van der Waals surface area (Å²) in [5.41, 5.74) is 2.26. The number of aromatic nitrogens is 1. The smallest absolute Gasteiger partial charge is 0.191 e. The Morgan fingerprint density at radius 3 is 2.58 bits per heavy atom. The first kappa shape index (κ1) is 20.9. The average Bonchev–Trinajstić information content (AvgIpc) is 2.56. The number of rotatable bonds is 5. The van der Waals surface area contributed by atoms with Crippen LogP contribution in [0.3, 0.4) is 0 Å². The Hall–Kier alpha value is -1.15. The standard InChI is InChI=1S/C18H23BrN4.HI/c1-18(2,14-7-6-8-15(19)11-14)13-23-17(20-3)22-12-16-9-4-5-10-21-16;/h4-11H,12-13H2,1-3H3,(H2,20,22,23);1H. The highest BCUT2D eigenvalue weighted by Crippen LogP contribution is 2.24. The number of pyridine rings is 1. The van der Waals surface area contributed by atoms with E-state index in [1.165, 1.54) is 5.56 Å². The molecule has 2 rings (SSSR count). The zero-order valence-corrected chi connectivity index (χ0v) is 18.1. The molecule has 4 nitrogen and oxygen atoms in total. The van der Waals surface area contributed by atoms with E-state index in [-0.39, 0.29) is 29.4 Å². The number of nitrogens with zero attached hydrogens (tertiary/aromatic N) is 2. The van der Waals surface area contributed by atoms with E-state index in [0.29, 0.717) is 6.54 Å². The fourth-order valence-electron chi connectivity index (χ4n) is 2.21. The molecule has 24 heavy (non-hydrogen) atoms. The molecule has 0 radical (unpaired) electrons.